The van der Waals surface area contributed by atoms with Gasteiger partial charge in [0.1, 0.15) is 6.04 Å². The number of hydrogen-bond donors (Lipinski definition) is 3. The van der Waals surface area contributed by atoms with E-state index in [1.807, 2.05) is 39.3 Å². The number of nitrogens with zero attached hydrogens (tertiary/aromatic N) is 3. The fraction of sp³-hybridized carbons (Fsp3) is 0.529. The van der Waals surface area contributed by atoms with E-state index in [0.29, 0.717) is 5.69 Å². The number of nitrogens with one attached hydrogen (secondary N) is 3. The second-order valence-corrected chi connectivity index (χ2v) is 7.38. The molecule has 8 nitrogen and oxygen atoms in total. The molecule has 0 bridgehead atoms. The van der Waals surface area contributed by atoms with E-state index in [1.54, 1.807) is 25.4 Å². The van der Waals surface area contributed by atoms with Gasteiger partial charge in [-0.05, 0) is 47.6 Å². The van der Waals surface area contributed by atoms with Crippen LogP contribution in [0.2, 0.25) is 0 Å². The molecule has 1 atom stereocenters. The third-order valence-electron chi connectivity index (χ3n) is 3.42. The molecule has 0 fully saturated rings. The lowest BCUT2D eigenvalue weighted by molar-refractivity contribution is -0.123. The van der Waals surface area contributed by atoms with Gasteiger partial charge >= 0.3 is 6.03 Å². The molecule has 3 amide bonds. The number of pyridine rings is 1. The van der Waals surface area contributed by atoms with Crippen LogP contribution in [0, 0.1) is 0 Å². The molecule has 8 heteroatoms. The average Bonchev–Trinajstić information content (AvgIpc) is 2.88. The van der Waals surface area contributed by atoms with Crippen LogP contribution in [0.4, 0.5) is 10.5 Å². The van der Waals surface area contributed by atoms with Gasteiger partial charge in [0.05, 0.1) is 18.1 Å². The molecule has 0 saturated heterocycles. The minimum absolute atomic E-state index is 0.203. The van der Waals surface area contributed by atoms with E-state index in [1.165, 1.54) is 0 Å². The Morgan fingerprint density at radius 3 is 2.44 bits per heavy atom. The summed E-state index contributed by atoms with van der Waals surface area (Å²) in [6, 6.07) is 0.885. The number of aromatic nitrogens is 3. The van der Waals surface area contributed by atoms with Crippen molar-refractivity contribution in [2.45, 2.75) is 59.2 Å². The van der Waals surface area contributed by atoms with E-state index in [0.717, 1.165) is 11.0 Å². The van der Waals surface area contributed by atoms with Crippen LogP contribution in [0.25, 0.3) is 11.0 Å². The molecule has 2 aromatic heterocycles. The Morgan fingerprint density at radius 1 is 1.16 bits per heavy atom. The number of carbonyl (C=O) groups excluding carboxylic acids is 2. The molecule has 0 unspecified atom stereocenters. The van der Waals surface area contributed by atoms with Gasteiger partial charge in [-0.25, -0.2) is 14.5 Å². The first-order valence-electron chi connectivity index (χ1n) is 8.29. The summed E-state index contributed by atoms with van der Waals surface area (Å²) in [7, 11) is 0. The third kappa shape index (κ3) is 4.91. The standard InChI is InChI=1S/C17H26N6O2/c1-10(2)23-14-12(8-19-23)7-13(9-18-14)21-16(25)20-11(3)15(24)22-17(4,5)6/h7-11H,1-6H3,(H,22,24)(H2,20,21,25)/t11-/m0/s1. The van der Waals surface area contributed by atoms with E-state index in [4.69, 9.17) is 0 Å². The molecule has 0 aliphatic rings. The SMILES string of the molecule is CC(C)n1ncc2cc(NC(=O)N[C@@H](C)C(=O)NC(C)(C)C)cnc21. The highest BCUT2D eigenvalue weighted by Crippen LogP contribution is 2.18. The summed E-state index contributed by atoms with van der Waals surface area (Å²) in [4.78, 5) is 28.5. The fourth-order valence-electron chi connectivity index (χ4n) is 2.29. The molecular formula is C17H26N6O2. The number of anilines is 1. The van der Waals surface area contributed by atoms with E-state index < -0.39 is 12.1 Å². The van der Waals surface area contributed by atoms with E-state index in [-0.39, 0.29) is 17.5 Å². The molecule has 0 saturated carbocycles. The van der Waals surface area contributed by atoms with Crippen molar-refractivity contribution in [3.05, 3.63) is 18.5 Å². The van der Waals surface area contributed by atoms with Crippen LogP contribution in [0.5, 0.6) is 0 Å². The summed E-state index contributed by atoms with van der Waals surface area (Å²) >= 11 is 0. The van der Waals surface area contributed by atoms with Gasteiger partial charge in [0.25, 0.3) is 0 Å². The lowest BCUT2D eigenvalue weighted by atomic mass is 10.1. The Hall–Kier alpha value is -2.64. The van der Waals surface area contributed by atoms with Crippen molar-refractivity contribution in [1.29, 1.82) is 0 Å². The molecule has 0 aliphatic carbocycles. The average molecular weight is 346 g/mol. The maximum Gasteiger partial charge on any atom is 0.319 e. The van der Waals surface area contributed by atoms with Crippen molar-refractivity contribution >= 4 is 28.7 Å². The fourth-order valence-corrected chi connectivity index (χ4v) is 2.29. The smallest absolute Gasteiger partial charge is 0.319 e. The van der Waals surface area contributed by atoms with E-state index >= 15 is 0 Å². The Kier molecular flexibility index (Phi) is 5.30. The normalized spacial score (nSPS) is 12.9. The summed E-state index contributed by atoms with van der Waals surface area (Å²) in [5.41, 5.74) is 0.949. The zero-order valence-electron chi connectivity index (χ0n) is 15.5. The first-order chi connectivity index (χ1) is 11.6. The van der Waals surface area contributed by atoms with Crippen LogP contribution >= 0.6 is 0 Å². The van der Waals surface area contributed by atoms with Gasteiger partial charge in [-0.1, -0.05) is 0 Å². The highest BCUT2D eigenvalue weighted by molar-refractivity contribution is 5.94. The Bertz CT molecular complexity index is 775. The lowest BCUT2D eigenvalue weighted by Gasteiger charge is -2.23. The largest absolute Gasteiger partial charge is 0.350 e. The quantitative estimate of drug-likeness (QED) is 0.791. The molecule has 0 aromatic carbocycles. The summed E-state index contributed by atoms with van der Waals surface area (Å²) in [5, 5.41) is 13.3. The molecule has 25 heavy (non-hydrogen) atoms. The van der Waals surface area contributed by atoms with Gasteiger partial charge in [0, 0.05) is 17.0 Å². The second-order valence-electron chi connectivity index (χ2n) is 7.38. The lowest BCUT2D eigenvalue weighted by Crippen LogP contribution is -2.51. The number of urea groups is 1. The minimum atomic E-state index is -0.653. The van der Waals surface area contributed by atoms with Gasteiger partial charge < -0.3 is 16.0 Å². The van der Waals surface area contributed by atoms with E-state index in [2.05, 4.69) is 26.0 Å². The van der Waals surface area contributed by atoms with Crippen LogP contribution in [0.3, 0.4) is 0 Å². The zero-order chi connectivity index (χ0) is 18.8. The monoisotopic (exact) mass is 346 g/mol. The number of rotatable bonds is 4. The molecule has 0 radical (unpaired) electrons. The third-order valence-corrected chi connectivity index (χ3v) is 3.42. The molecular weight excluding hydrogens is 320 g/mol. The van der Waals surface area contributed by atoms with Gasteiger partial charge in [-0.3, -0.25) is 4.79 Å². The molecule has 2 aromatic rings. The number of hydrogen-bond acceptors (Lipinski definition) is 4. The van der Waals surface area contributed by atoms with Gasteiger partial charge in [0.15, 0.2) is 5.65 Å². The van der Waals surface area contributed by atoms with Gasteiger partial charge in [-0.2, -0.15) is 5.10 Å². The van der Waals surface area contributed by atoms with Gasteiger partial charge in [-0.15, -0.1) is 0 Å². The molecule has 136 valence electrons. The van der Waals surface area contributed by atoms with Gasteiger partial charge in [0.2, 0.25) is 5.91 Å². The van der Waals surface area contributed by atoms with Crippen LogP contribution < -0.4 is 16.0 Å². The molecule has 0 aliphatic heterocycles. The molecule has 0 spiro atoms. The summed E-state index contributed by atoms with van der Waals surface area (Å²) in [5.74, 6) is -0.241. The van der Waals surface area contributed by atoms with Crippen molar-refractivity contribution < 1.29 is 9.59 Å². The first-order valence-corrected chi connectivity index (χ1v) is 8.29. The highest BCUT2D eigenvalue weighted by Gasteiger charge is 2.20. The van der Waals surface area contributed by atoms with Crippen LogP contribution in [-0.4, -0.2) is 38.3 Å². The van der Waals surface area contributed by atoms with Crippen molar-refractivity contribution in [3.8, 4) is 0 Å². The van der Waals surface area contributed by atoms with Crippen LogP contribution in [0.15, 0.2) is 18.5 Å². The Balaban J connectivity index is 2.01. The summed E-state index contributed by atoms with van der Waals surface area (Å²) in [6.07, 6.45) is 3.28. The van der Waals surface area contributed by atoms with Crippen LogP contribution in [0.1, 0.15) is 47.6 Å². The van der Waals surface area contributed by atoms with Crippen LogP contribution in [-0.2, 0) is 4.79 Å². The topological polar surface area (TPSA) is 101 Å². The summed E-state index contributed by atoms with van der Waals surface area (Å²) in [6.45, 7) is 11.3. The Labute approximate surface area is 147 Å². The maximum absolute atomic E-state index is 12.1. The van der Waals surface area contributed by atoms with Crippen molar-refractivity contribution in [2.24, 2.45) is 0 Å². The predicted molar refractivity (Wildman–Crippen MR) is 97.4 cm³/mol. The predicted octanol–water partition coefficient (Wildman–Crippen LogP) is 2.44. The number of fused-ring (bicyclic) bond motifs is 1. The zero-order valence-corrected chi connectivity index (χ0v) is 15.5. The van der Waals surface area contributed by atoms with E-state index in [9.17, 15) is 9.59 Å². The minimum Gasteiger partial charge on any atom is -0.350 e. The van der Waals surface area contributed by atoms with Crippen molar-refractivity contribution in [3.63, 3.8) is 0 Å². The Morgan fingerprint density at radius 2 is 1.84 bits per heavy atom. The molecule has 2 rings (SSSR count). The number of amides is 3. The maximum atomic E-state index is 12.1. The molecule has 2 heterocycles. The number of carbonyl (C=O) groups is 2. The summed E-state index contributed by atoms with van der Waals surface area (Å²) < 4.78 is 1.82. The second kappa shape index (κ2) is 7.08. The molecule has 3 N–H and O–H groups in total. The first kappa shape index (κ1) is 18.7. The van der Waals surface area contributed by atoms with Crippen molar-refractivity contribution in [1.82, 2.24) is 25.4 Å². The van der Waals surface area contributed by atoms with Crippen molar-refractivity contribution in [2.75, 3.05) is 5.32 Å². The highest BCUT2D eigenvalue weighted by atomic mass is 16.2.